The van der Waals surface area contributed by atoms with E-state index in [0.717, 1.165) is 0 Å². The Morgan fingerprint density at radius 2 is 1.77 bits per heavy atom. The van der Waals surface area contributed by atoms with Crippen molar-refractivity contribution in [3.05, 3.63) is 68.7 Å². The second-order valence-electron chi connectivity index (χ2n) is 4.27. The molecular formula is C16H9Cl3N2O. The Labute approximate surface area is 142 Å². The van der Waals surface area contributed by atoms with Crippen molar-refractivity contribution in [3.63, 3.8) is 0 Å². The van der Waals surface area contributed by atoms with E-state index in [1.807, 2.05) is 6.07 Å². The van der Waals surface area contributed by atoms with Crippen LogP contribution in [0.2, 0.25) is 15.1 Å². The number of carbonyl (C=O) groups is 1. The average Bonchev–Trinajstić information content (AvgIpc) is 2.50. The SMILES string of the molecule is N#C/C(=C/c1ccccc1Cl)C(=O)Nc1ccc(Cl)c(Cl)c1. The molecule has 0 saturated heterocycles. The van der Waals surface area contributed by atoms with Crippen LogP contribution in [0.4, 0.5) is 5.69 Å². The van der Waals surface area contributed by atoms with Crippen molar-refractivity contribution in [3.8, 4) is 6.07 Å². The summed E-state index contributed by atoms with van der Waals surface area (Å²) in [5, 5.41) is 12.9. The number of rotatable bonds is 3. The summed E-state index contributed by atoms with van der Waals surface area (Å²) >= 11 is 17.7. The van der Waals surface area contributed by atoms with Crippen LogP contribution in [-0.4, -0.2) is 5.91 Å². The normalized spacial score (nSPS) is 10.9. The van der Waals surface area contributed by atoms with E-state index >= 15 is 0 Å². The summed E-state index contributed by atoms with van der Waals surface area (Å²) in [4.78, 5) is 12.1. The average molecular weight is 352 g/mol. The molecule has 110 valence electrons. The highest BCUT2D eigenvalue weighted by atomic mass is 35.5. The lowest BCUT2D eigenvalue weighted by molar-refractivity contribution is -0.112. The Morgan fingerprint density at radius 1 is 1.05 bits per heavy atom. The maximum atomic E-state index is 12.1. The molecule has 0 aliphatic heterocycles. The number of carbonyl (C=O) groups excluding carboxylic acids is 1. The van der Waals surface area contributed by atoms with E-state index < -0.39 is 5.91 Å². The summed E-state index contributed by atoms with van der Waals surface area (Å²) < 4.78 is 0. The van der Waals surface area contributed by atoms with Gasteiger partial charge < -0.3 is 5.32 Å². The molecule has 0 unspecified atom stereocenters. The molecule has 1 amide bonds. The predicted molar refractivity (Wildman–Crippen MR) is 90.1 cm³/mol. The number of hydrogen-bond acceptors (Lipinski definition) is 2. The molecule has 0 spiro atoms. The highest BCUT2D eigenvalue weighted by molar-refractivity contribution is 6.42. The highest BCUT2D eigenvalue weighted by Gasteiger charge is 2.11. The fraction of sp³-hybridized carbons (Fsp3) is 0. The molecule has 0 saturated carbocycles. The van der Waals surface area contributed by atoms with Crippen LogP contribution in [0.3, 0.4) is 0 Å². The molecule has 0 radical (unpaired) electrons. The Kier molecular flexibility index (Phi) is 5.46. The van der Waals surface area contributed by atoms with Crippen LogP contribution in [0.1, 0.15) is 5.56 Å². The summed E-state index contributed by atoms with van der Waals surface area (Å²) in [7, 11) is 0. The first-order chi connectivity index (χ1) is 10.5. The van der Waals surface area contributed by atoms with Gasteiger partial charge >= 0.3 is 0 Å². The minimum Gasteiger partial charge on any atom is -0.321 e. The third kappa shape index (κ3) is 4.02. The number of amides is 1. The van der Waals surface area contributed by atoms with E-state index in [-0.39, 0.29) is 5.57 Å². The highest BCUT2D eigenvalue weighted by Crippen LogP contribution is 2.25. The zero-order valence-electron chi connectivity index (χ0n) is 11.1. The first kappa shape index (κ1) is 16.4. The van der Waals surface area contributed by atoms with Gasteiger partial charge in [-0.2, -0.15) is 5.26 Å². The van der Waals surface area contributed by atoms with Crippen molar-refractivity contribution < 1.29 is 4.79 Å². The third-order valence-corrected chi connectivity index (χ3v) is 3.83. The molecule has 0 aliphatic carbocycles. The van der Waals surface area contributed by atoms with E-state index in [0.29, 0.717) is 26.3 Å². The number of nitriles is 1. The molecule has 0 heterocycles. The number of nitrogens with one attached hydrogen (secondary N) is 1. The molecule has 2 aromatic rings. The van der Waals surface area contributed by atoms with E-state index in [9.17, 15) is 4.79 Å². The smallest absolute Gasteiger partial charge is 0.266 e. The Balaban J connectivity index is 2.24. The van der Waals surface area contributed by atoms with E-state index in [1.54, 1.807) is 36.4 Å². The van der Waals surface area contributed by atoms with Crippen LogP contribution < -0.4 is 5.32 Å². The number of halogens is 3. The van der Waals surface area contributed by atoms with Gasteiger partial charge in [0.05, 0.1) is 10.0 Å². The first-order valence-electron chi connectivity index (χ1n) is 6.14. The van der Waals surface area contributed by atoms with Gasteiger partial charge in [0.25, 0.3) is 5.91 Å². The number of anilines is 1. The molecule has 2 aromatic carbocycles. The second kappa shape index (κ2) is 7.33. The van der Waals surface area contributed by atoms with Gasteiger partial charge in [-0.15, -0.1) is 0 Å². The van der Waals surface area contributed by atoms with Gasteiger partial charge in [-0.1, -0.05) is 53.0 Å². The lowest BCUT2D eigenvalue weighted by Crippen LogP contribution is -2.13. The molecule has 0 aromatic heterocycles. The van der Waals surface area contributed by atoms with Crippen molar-refractivity contribution >= 4 is 52.5 Å². The number of benzene rings is 2. The van der Waals surface area contributed by atoms with Crippen molar-refractivity contribution in [2.75, 3.05) is 5.32 Å². The molecule has 22 heavy (non-hydrogen) atoms. The Hall–Kier alpha value is -1.99. The van der Waals surface area contributed by atoms with Crippen molar-refractivity contribution in [2.24, 2.45) is 0 Å². The van der Waals surface area contributed by atoms with Crippen molar-refractivity contribution in [1.82, 2.24) is 0 Å². The first-order valence-corrected chi connectivity index (χ1v) is 7.27. The van der Waals surface area contributed by atoms with E-state index in [4.69, 9.17) is 40.1 Å². The quantitative estimate of drug-likeness (QED) is 0.611. The molecule has 1 N–H and O–H groups in total. The fourth-order valence-electron chi connectivity index (χ4n) is 1.67. The minimum atomic E-state index is -0.555. The van der Waals surface area contributed by atoms with Gasteiger partial charge in [0, 0.05) is 10.7 Å². The molecule has 0 atom stereocenters. The van der Waals surface area contributed by atoms with Gasteiger partial charge in [-0.25, -0.2) is 0 Å². The zero-order valence-corrected chi connectivity index (χ0v) is 13.4. The lowest BCUT2D eigenvalue weighted by Gasteiger charge is -2.06. The van der Waals surface area contributed by atoms with Crippen molar-refractivity contribution in [1.29, 1.82) is 5.26 Å². The summed E-state index contributed by atoms with van der Waals surface area (Å²) in [5.74, 6) is -0.555. The monoisotopic (exact) mass is 350 g/mol. The fourth-order valence-corrected chi connectivity index (χ4v) is 2.16. The second-order valence-corrected chi connectivity index (χ2v) is 5.50. The topological polar surface area (TPSA) is 52.9 Å². The van der Waals surface area contributed by atoms with Gasteiger partial charge in [-0.3, -0.25) is 4.79 Å². The maximum Gasteiger partial charge on any atom is 0.266 e. The standard InChI is InChI=1S/C16H9Cl3N2O/c17-13-4-2-1-3-10(13)7-11(9-20)16(22)21-12-5-6-14(18)15(19)8-12/h1-8H,(H,21,22)/b11-7-. The van der Waals surface area contributed by atoms with E-state index in [1.165, 1.54) is 12.1 Å². The number of hydrogen-bond donors (Lipinski definition) is 1. The molecule has 0 aliphatic rings. The van der Waals surface area contributed by atoms with Crippen molar-refractivity contribution in [2.45, 2.75) is 0 Å². The lowest BCUT2D eigenvalue weighted by atomic mass is 10.1. The maximum absolute atomic E-state index is 12.1. The van der Waals surface area contributed by atoms with Crippen LogP contribution in [0, 0.1) is 11.3 Å². The zero-order chi connectivity index (χ0) is 16.1. The van der Waals surface area contributed by atoms with Crippen LogP contribution in [0.25, 0.3) is 6.08 Å². The molecule has 0 bridgehead atoms. The predicted octanol–water partition coefficient (Wildman–Crippen LogP) is 5.19. The minimum absolute atomic E-state index is 0.0702. The van der Waals surface area contributed by atoms with Crippen LogP contribution >= 0.6 is 34.8 Å². The Morgan fingerprint density at radius 3 is 2.41 bits per heavy atom. The van der Waals surface area contributed by atoms with Crippen LogP contribution in [0.15, 0.2) is 48.0 Å². The largest absolute Gasteiger partial charge is 0.321 e. The molecule has 6 heteroatoms. The summed E-state index contributed by atoms with van der Waals surface area (Å²) in [5.41, 5.74) is 0.962. The van der Waals surface area contributed by atoms with Gasteiger partial charge in [-0.05, 0) is 35.9 Å². The van der Waals surface area contributed by atoms with E-state index in [2.05, 4.69) is 5.32 Å². The Bertz CT molecular complexity index is 794. The summed E-state index contributed by atoms with van der Waals surface area (Å²) in [6, 6.07) is 13.4. The molecule has 0 fully saturated rings. The van der Waals surface area contributed by atoms with Crippen LogP contribution in [-0.2, 0) is 4.79 Å². The molecule has 3 nitrogen and oxygen atoms in total. The molecule has 2 rings (SSSR count). The van der Waals surface area contributed by atoms with Crippen LogP contribution in [0.5, 0.6) is 0 Å². The summed E-state index contributed by atoms with van der Waals surface area (Å²) in [6.07, 6.45) is 1.43. The summed E-state index contributed by atoms with van der Waals surface area (Å²) in [6.45, 7) is 0. The van der Waals surface area contributed by atoms with Gasteiger partial charge in [0.1, 0.15) is 11.6 Å². The third-order valence-electron chi connectivity index (χ3n) is 2.75. The number of nitrogens with zero attached hydrogens (tertiary/aromatic N) is 1. The van der Waals surface area contributed by atoms with Gasteiger partial charge in [0.15, 0.2) is 0 Å². The van der Waals surface area contributed by atoms with Gasteiger partial charge in [0.2, 0.25) is 0 Å². The molecular weight excluding hydrogens is 343 g/mol.